The number of hydrogen-bond acceptors (Lipinski definition) is 6. The molecule has 8 heteroatoms. The van der Waals surface area contributed by atoms with Crippen LogP contribution in [0.25, 0.3) is 11.3 Å². The molecule has 3 aromatic rings. The number of hydrogen-bond donors (Lipinski definition) is 0. The van der Waals surface area contributed by atoms with Crippen molar-refractivity contribution in [3.63, 3.8) is 0 Å². The van der Waals surface area contributed by atoms with Crippen LogP contribution >= 0.6 is 11.8 Å². The van der Waals surface area contributed by atoms with Gasteiger partial charge in [-0.2, -0.15) is 0 Å². The smallest absolute Gasteiger partial charge is 0.293 e. The zero-order valence-electron chi connectivity index (χ0n) is 18.1. The minimum atomic E-state index is -0.568. The molecular formula is C23H25N5O2S. The van der Waals surface area contributed by atoms with E-state index in [0.29, 0.717) is 28.5 Å². The Morgan fingerprint density at radius 3 is 2.55 bits per heavy atom. The Labute approximate surface area is 186 Å². The average molecular weight is 436 g/mol. The van der Waals surface area contributed by atoms with E-state index in [9.17, 15) is 9.90 Å². The van der Waals surface area contributed by atoms with Crippen LogP contribution in [0.5, 0.6) is 5.88 Å². The molecule has 1 unspecified atom stereocenters. The lowest BCUT2D eigenvalue weighted by atomic mass is 10.0. The Bertz CT molecular complexity index is 1120. The first kappa shape index (κ1) is 21.1. The Kier molecular flexibility index (Phi) is 5.82. The number of rotatable bonds is 5. The summed E-state index contributed by atoms with van der Waals surface area (Å²) >= 11 is 1.31. The Hall–Kier alpha value is -3.13. The maximum absolute atomic E-state index is 13.3. The number of carbonyl (C=O) groups excluding carboxylic acids is 1. The van der Waals surface area contributed by atoms with Crippen LogP contribution in [-0.4, -0.2) is 36.3 Å². The molecule has 2 heterocycles. The van der Waals surface area contributed by atoms with Gasteiger partial charge in [0.05, 0.1) is 17.1 Å². The number of fused-ring (bicyclic) bond motifs is 3. The molecule has 0 spiro atoms. The van der Waals surface area contributed by atoms with Gasteiger partial charge in [-0.15, -0.1) is 0 Å². The number of aromatic nitrogens is 3. The normalized spacial score (nSPS) is 14.7. The van der Waals surface area contributed by atoms with Crippen molar-refractivity contribution in [2.24, 2.45) is 0 Å². The van der Waals surface area contributed by atoms with Crippen LogP contribution in [0.1, 0.15) is 31.5 Å². The van der Waals surface area contributed by atoms with Crippen molar-refractivity contribution in [1.29, 1.82) is 0 Å². The molecular weight excluding hydrogens is 410 g/mol. The fourth-order valence-electron chi connectivity index (χ4n) is 3.87. The Morgan fingerprint density at radius 1 is 1.19 bits per heavy atom. The molecule has 7 nitrogen and oxygen atoms in total. The number of thioether (sulfide) groups is 1. The third kappa shape index (κ3) is 3.72. The van der Waals surface area contributed by atoms with E-state index in [1.165, 1.54) is 11.8 Å². The molecule has 1 aliphatic rings. The summed E-state index contributed by atoms with van der Waals surface area (Å²) in [5.41, 5.74) is 3.70. The van der Waals surface area contributed by atoms with E-state index in [1.54, 1.807) is 9.58 Å². The fraction of sp³-hybridized carbons (Fsp3) is 0.304. The standard InChI is InChI=1S/C23H25N5O2S/c1-5-8-19(29)27-18-10-7-6-9-17(18)20-21(30)24-23(31-4)25-28(20)22(27)15-11-13-16(14-12-15)26(2)3/h6-7,9-14,22H,5,8H2,1-4H3. The van der Waals surface area contributed by atoms with E-state index >= 15 is 0 Å². The summed E-state index contributed by atoms with van der Waals surface area (Å²) < 4.78 is 1.67. The summed E-state index contributed by atoms with van der Waals surface area (Å²) in [4.78, 5) is 21.3. The molecule has 0 aliphatic carbocycles. The second-order valence-corrected chi connectivity index (χ2v) is 8.36. The minimum Gasteiger partial charge on any atom is -0.854 e. The Morgan fingerprint density at radius 2 is 1.90 bits per heavy atom. The van der Waals surface area contributed by atoms with Crippen LogP contribution < -0.4 is 19.6 Å². The molecule has 0 bridgehead atoms. The zero-order chi connectivity index (χ0) is 22.1. The maximum Gasteiger partial charge on any atom is 0.293 e. The number of carbonyl (C=O) groups is 1. The summed E-state index contributed by atoms with van der Waals surface area (Å²) in [7, 11) is 3.96. The lowest BCUT2D eigenvalue weighted by Crippen LogP contribution is -2.59. The largest absolute Gasteiger partial charge is 0.854 e. The monoisotopic (exact) mass is 435 g/mol. The molecule has 0 N–H and O–H groups in total. The lowest BCUT2D eigenvalue weighted by molar-refractivity contribution is -0.764. The highest BCUT2D eigenvalue weighted by Gasteiger charge is 2.44. The zero-order valence-corrected chi connectivity index (χ0v) is 18.9. The van der Waals surface area contributed by atoms with Gasteiger partial charge in [-0.3, -0.25) is 4.79 Å². The fourth-order valence-corrected chi connectivity index (χ4v) is 4.21. The highest BCUT2D eigenvalue weighted by molar-refractivity contribution is 7.98. The van der Waals surface area contributed by atoms with Crippen molar-refractivity contribution in [3.05, 3.63) is 54.1 Å². The van der Waals surface area contributed by atoms with Crippen molar-refractivity contribution < 1.29 is 14.6 Å². The predicted octanol–water partition coefficient (Wildman–Crippen LogP) is 2.99. The van der Waals surface area contributed by atoms with E-state index in [1.807, 2.05) is 80.7 Å². The third-order valence-corrected chi connectivity index (χ3v) is 5.88. The van der Waals surface area contributed by atoms with Crippen molar-refractivity contribution >= 4 is 29.0 Å². The van der Waals surface area contributed by atoms with Crippen LogP contribution in [0.15, 0.2) is 53.7 Å². The first-order valence-corrected chi connectivity index (χ1v) is 11.4. The predicted molar refractivity (Wildman–Crippen MR) is 120 cm³/mol. The number of anilines is 2. The first-order chi connectivity index (χ1) is 15.0. The topological polar surface area (TPSA) is 76.3 Å². The van der Waals surface area contributed by atoms with Gasteiger partial charge >= 0.3 is 0 Å². The minimum absolute atomic E-state index is 0.00783. The number of nitrogens with zero attached hydrogens (tertiary/aromatic N) is 5. The van der Waals surface area contributed by atoms with Gasteiger partial charge in [0.1, 0.15) is 0 Å². The van der Waals surface area contributed by atoms with Crippen molar-refractivity contribution in [1.82, 2.24) is 10.1 Å². The first-order valence-electron chi connectivity index (χ1n) is 10.2. The SMILES string of the molecule is CCCC(=O)N1c2ccccc2-c2c([O-])nc(SC)n[n+]2C1c1ccc(N(C)C)cc1. The van der Waals surface area contributed by atoms with Crippen LogP contribution in [-0.2, 0) is 4.79 Å². The van der Waals surface area contributed by atoms with Gasteiger partial charge in [0, 0.05) is 36.9 Å². The second-order valence-electron chi connectivity index (χ2n) is 7.59. The molecule has 1 aliphatic heterocycles. The van der Waals surface area contributed by atoms with Crippen molar-refractivity contribution in [3.8, 4) is 17.1 Å². The molecule has 0 saturated carbocycles. The maximum atomic E-state index is 13.3. The summed E-state index contributed by atoms with van der Waals surface area (Å²) in [5, 5.41) is 18.1. The molecule has 4 rings (SSSR count). The van der Waals surface area contributed by atoms with E-state index in [2.05, 4.69) is 10.1 Å². The quantitative estimate of drug-likeness (QED) is 0.453. The van der Waals surface area contributed by atoms with Gasteiger partial charge in [-0.05, 0) is 49.1 Å². The van der Waals surface area contributed by atoms with Crippen LogP contribution in [0.4, 0.5) is 11.4 Å². The highest BCUT2D eigenvalue weighted by Crippen LogP contribution is 2.41. The van der Waals surface area contributed by atoms with E-state index in [0.717, 1.165) is 17.7 Å². The molecule has 0 fully saturated rings. The summed E-state index contributed by atoms with van der Waals surface area (Å²) in [5.74, 6) is -0.351. The molecule has 0 saturated heterocycles. The van der Waals surface area contributed by atoms with E-state index < -0.39 is 6.17 Å². The van der Waals surface area contributed by atoms with Crippen molar-refractivity contribution in [2.75, 3.05) is 30.2 Å². The van der Waals surface area contributed by atoms with Gasteiger partial charge in [-0.25, -0.2) is 9.88 Å². The molecule has 31 heavy (non-hydrogen) atoms. The van der Waals surface area contributed by atoms with E-state index in [4.69, 9.17) is 0 Å². The van der Waals surface area contributed by atoms with Gasteiger partial charge in [-0.1, -0.05) is 35.5 Å². The summed E-state index contributed by atoms with van der Waals surface area (Å²) in [6.45, 7) is 1.99. The van der Waals surface area contributed by atoms with Crippen LogP contribution in [0.2, 0.25) is 0 Å². The molecule has 1 aromatic heterocycles. The highest BCUT2D eigenvalue weighted by atomic mass is 32.2. The summed E-state index contributed by atoms with van der Waals surface area (Å²) in [6.07, 6.45) is 2.40. The third-order valence-electron chi connectivity index (χ3n) is 5.34. The molecule has 1 amide bonds. The number of amides is 1. The molecule has 2 aromatic carbocycles. The van der Waals surface area contributed by atoms with Crippen LogP contribution in [0.3, 0.4) is 0 Å². The molecule has 0 radical (unpaired) electrons. The Balaban J connectivity index is 2.00. The number of benzene rings is 2. The average Bonchev–Trinajstić information content (AvgIpc) is 2.77. The van der Waals surface area contributed by atoms with Crippen LogP contribution in [0, 0.1) is 0 Å². The van der Waals surface area contributed by atoms with Crippen molar-refractivity contribution in [2.45, 2.75) is 31.1 Å². The van der Waals surface area contributed by atoms with Gasteiger partial charge in [0.2, 0.25) is 5.91 Å². The van der Waals surface area contributed by atoms with E-state index in [-0.39, 0.29) is 11.8 Å². The van der Waals surface area contributed by atoms with Gasteiger partial charge in [0.15, 0.2) is 0 Å². The van der Waals surface area contributed by atoms with Gasteiger partial charge in [0.25, 0.3) is 17.0 Å². The second kappa shape index (κ2) is 8.55. The molecule has 1 atom stereocenters. The molecule has 160 valence electrons. The lowest BCUT2D eigenvalue weighted by Gasteiger charge is -2.33. The van der Waals surface area contributed by atoms with Gasteiger partial charge < -0.3 is 10.0 Å². The summed E-state index contributed by atoms with van der Waals surface area (Å²) in [6, 6.07) is 15.5. The number of para-hydroxylation sites is 1.